The molecule has 5 nitrogen and oxygen atoms in total. The molecule has 136 valence electrons. The highest BCUT2D eigenvalue weighted by molar-refractivity contribution is 7.85. The smallest absolute Gasteiger partial charge is 0.422 e. The van der Waals surface area contributed by atoms with E-state index in [0.29, 0.717) is 6.92 Å². The van der Waals surface area contributed by atoms with Gasteiger partial charge in [-0.1, -0.05) is 0 Å². The predicted octanol–water partition coefficient (Wildman–Crippen LogP) is 3.17. The van der Waals surface area contributed by atoms with Gasteiger partial charge in [-0.3, -0.25) is 9.35 Å². The summed E-state index contributed by atoms with van der Waals surface area (Å²) in [7, 11) is -6.17. The van der Waals surface area contributed by atoms with Crippen LogP contribution in [0.25, 0.3) is 0 Å². The quantitative estimate of drug-likeness (QED) is 0.364. The van der Waals surface area contributed by atoms with Gasteiger partial charge >= 0.3 is 18.3 Å². The van der Waals surface area contributed by atoms with Crippen molar-refractivity contribution in [2.24, 2.45) is 0 Å². The van der Waals surface area contributed by atoms with Crippen LogP contribution in [0.5, 0.6) is 5.75 Å². The van der Waals surface area contributed by atoms with Gasteiger partial charge in [0.05, 0.1) is 0 Å². The molecule has 1 aromatic carbocycles. The first-order chi connectivity index (χ1) is 10.5. The molecule has 1 N–H and O–H groups in total. The number of alkyl halides is 6. The molecule has 0 amide bonds. The van der Waals surface area contributed by atoms with E-state index in [4.69, 9.17) is 4.55 Å². The highest BCUT2D eigenvalue weighted by Crippen LogP contribution is 2.49. The highest BCUT2D eigenvalue weighted by Gasteiger charge is 2.50. The summed E-state index contributed by atoms with van der Waals surface area (Å²) in [6, 6.07) is 0. The normalized spacial score (nSPS) is 13.1. The van der Waals surface area contributed by atoms with E-state index in [1.807, 2.05) is 0 Å². The minimum absolute atomic E-state index is 0.340. The molecule has 0 fully saturated rings. The molecule has 24 heavy (non-hydrogen) atoms. The second-order valence-electron chi connectivity index (χ2n) is 4.10. The van der Waals surface area contributed by atoms with E-state index in [0.717, 1.165) is 0 Å². The fraction of sp³-hybridized carbons (Fsp3) is 0.300. The Morgan fingerprint density at radius 3 is 1.50 bits per heavy atom. The van der Waals surface area contributed by atoms with Crippen LogP contribution in [0.1, 0.15) is 18.1 Å². The summed E-state index contributed by atoms with van der Waals surface area (Å²) in [5.41, 5.74) is -6.03. The van der Waals surface area contributed by atoms with Gasteiger partial charge in [0.2, 0.25) is 0 Å². The number of hydrogen-bond donors (Lipinski definition) is 1. The third kappa shape index (κ3) is 3.75. The first-order valence-corrected chi connectivity index (χ1v) is 6.78. The molecule has 0 saturated carbocycles. The fourth-order valence-electron chi connectivity index (χ4n) is 1.63. The van der Waals surface area contributed by atoms with E-state index in [1.54, 1.807) is 0 Å². The van der Waals surface area contributed by atoms with Crippen LogP contribution in [0.2, 0.25) is 0 Å². The summed E-state index contributed by atoms with van der Waals surface area (Å²) >= 11 is 0. The third-order valence-electron chi connectivity index (χ3n) is 2.36. The van der Waals surface area contributed by atoms with E-state index in [2.05, 4.69) is 4.74 Å². The molecule has 0 aromatic heterocycles. The Bertz CT molecular complexity index is 752. The minimum atomic E-state index is -6.17. The average Bonchev–Trinajstić information content (AvgIpc) is 2.20. The molecule has 0 saturated heterocycles. The van der Waals surface area contributed by atoms with Gasteiger partial charge in [-0.15, -0.1) is 0 Å². The monoisotopic (exact) mass is 388 g/mol. The van der Waals surface area contributed by atoms with Crippen molar-refractivity contribution in [1.82, 2.24) is 0 Å². The number of ether oxygens (including phenoxy) is 1. The van der Waals surface area contributed by atoms with Gasteiger partial charge in [0.1, 0.15) is 11.1 Å². The minimum Gasteiger partial charge on any atom is -0.425 e. The zero-order valence-electron chi connectivity index (χ0n) is 11.0. The topological polar surface area (TPSA) is 80.7 Å². The van der Waals surface area contributed by atoms with Crippen LogP contribution in [0.15, 0.2) is 4.90 Å². The summed E-state index contributed by atoms with van der Waals surface area (Å²) in [6.07, 6.45) is -12.1. The van der Waals surface area contributed by atoms with Gasteiger partial charge in [0.15, 0.2) is 22.3 Å². The number of esters is 1. The van der Waals surface area contributed by atoms with Crippen molar-refractivity contribution in [2.75, 3.05) is 0 Å². The van der Waals surface area contributed by atoms with Gasteiger partial charge in [0, 0.05) is 6.92 Å². The second kappa shape index (κ2) is 5.84. The van der Waals surface area contributed by atoms with Crippen LogP contribution in [-0.2, 0) is 27.3 Å². The second-order valence-corrected chi connectivity index (χ2v) is 5.46. The molecule has 0 unspecified atom stereocenters. The SMILES string of the molecule is CC(=O)Oc1c(C(F)(F)F)c(F)c(S(=O)(=O)O)c(F)c1C(F)(F)F. The zero-order chi connectivity index (χ0) is 19.2. The van der Waals surface area contributed by atoms with E-state index < -0.39 is 61.8 Å². The van der Waals surface area contributed by atoms with E-state index in [1.165, 1.54) is 0 Å². The molecule has 0 aliphatic carbocycles. The lowest BCUT2D eigenvalue weighted by Crippen LogP contribution is -2.23. The van der Waals surface area contributed by atoms with Crippen LogP contribution in [0, 0.1) is 11.6 Å². The first-order valence-electron chi connectivity index (χ1n) is 5.34. The lowest BCUT2D eigenvalue weighted by atomic mass is 10.1. The maximum absolute atomic E-state index is 13.7. The Labute approximate surface area is 127 Å². The van der Waals surface area contributed by atoms with E-state index in [9.17, 15) is 48.3 Å². The first kappa shape index (κ1) is 20.1. The van der Waals surface area contributed by atoms with Crippen molar-refractivity contribution in [3.05, 3.63) is 22.8 Å². The summed E-state index contributed by atoms with van der Waals surface area (Å²) in [6.45, 7) is 0.340. The lowest BCUT2D eigenvalue weighted by Gasteiger charge is -2.20. The van der Waals surface area contributed by atoms with Gasteiger partial charge < -0.3 is 4.74 Å². The lowest BCUT2D eigenvalue weighted by molar-refractivity contribution is -0.151. The van der Waals surface area contributed by atoms with Crippen LogP contribution in [-0.4, -0.2) is 18.9 Å². The van der Waals surface area contributed by atoms with Crippen molar-refractivity contribution in [1.29, 1.82) is 0 Å². The molecule has 0 bridgehead atoms. The van der Waals surface area contributed by atoms with Crippen molar-refractivity contribution < 1.29 is 57.6 Å². The molecule has 0 spiro atoms. The Balaban J connectivity index is 4.25. The average molecular weight is 388 g/mol. The Hall–Kier alpha value is -1.96. The van der Waals surface area contributed by atoms with Crippen LogP contribution in [0.3, 0.4) is 0 Å². The van der Waals surface area contributed by atoms with Crippen molar-refractivity contribution in [2.45, 2.75) is 24.2 Å². The standard InChI is InChI=1S/C10H4F8O5S/c1-2(19)23-7-3(9(13,14)15)5(11)8(24(20,21)22)6(12)4(7)10(16,17)18/h1H3,(H,20,21,22). The van der Waals surface area contributed by atoms with E-state index in [-0.39, 0.29) is 0 Å². The molecule has 0 aliphatic heterocycles. The maximum Gasteiger partial charge on any atom is 0.422 e. The zero-order valence-corrected chi connectivity index (χ0v) is 11.8. The van der Waals surface area contributed by atoms with Crippen LogP contribution in [0.4, 0.5) is 35.1 Å². The van der Waals surface area contributed by atoms with Gasteiger partial charge in [-0.2, -0.15) is 34.8 Å². The molecule has 0 radical (unpaired) electrons. The third-order valence-corrected chi connectivity index (χ3v) is 3.24. The number of halogens is 8. The summed E-state index contributed by atoms with van der Waals surface area (Å²) in [5.74, 6) is -10.6. The predicted molar refractivity (Wildman–Crippen MR) is 57.5 cm³/mol. The van der Waals surface area contributed by atoms with E-state index >= 15 is 0 Å². The van der Waals surface area contributed by atoms with Crippen molar-refractivity contribution in [3.63, 3.8) is 0 Å². The summed E-state index contributed by atoms with van der Waals surface area (Å²) < 4.78 is 138. The molecular weight excluding hydrogens is 384 g/mol. The molecule has 1 aromatic rings. The molecule has 14 heteroatoms. The van der Waals surface area contributed by atoms with Gasteiger partial charge in [-0.25, -0.2) is 8.78 Å². The number of benzene rings is 1. The summed E-state index contributed by atoms with van der Waals surface area (Å²) in [4.78, 5) is 7.83. The van der Waals surface area contributed by atoms with Gasteiger partial charge in [-0.05, 0) is 0 Å². The molecule has 0 aliphatic rings. The Kier molecular flexibility index (Phi) is 4.89. The van der Waals surface area contributed by atoms with Crippen LogP contribution >= 0.6 is 0 Å². The molecular formula is C10H4F8O5S. The van der Waals surface area contributed by atoms with Gasteiger partial charge in [0.25, 0.3) is 10.1 Å². The number of carbonyl (C=O) groups excluding carboxylic acids is 1. The number of rotatable bonds is 2. The van der Waals surface area contributed by atoms with Crippen molar-refractivity contribution >= 4 is 16.1 Å². The maximum atomic E-state index is 13.7. The Morgan fingerprint density at radius 2 is 1.29 bits per heavy atom. The molecule has 0 atom stereocenters. The summed E-state index contributed by atoms with van der Waals surface area (Å²) in [5, 5.41) is 0. The molecule has 1 rings (SSSR count). The largest absolute Gasteiger partial charge is 0.425 e. The Morgan fingerprint density at radius 1 is 0.958 bits per heavy atom. The fourth-order valence-corrected chi connectivity index (χ4v) is 2.28. The number of hydrogen-bond acceptors (Lipinski definition) is 4. The molecule has 0 heterocycles. The highest BCUT2D eigenvalue weighted by atomic mass is 32.2. The van der Waals surface area contributed by atoms with Crippen LogP contribution < -0.4 is 4.74 Å². The number of carbonyl (C=O) groups is 1. The van der Waals surface area contributed by atoms with Crippen molar-refractivity contribution in [3.8, 4) is 5.75 Å².